The van der Waals surface area contributed by atoms with Gasteiger partial charge in [0.05, 0.1) is 0 Å². The third-order valence-corrected chi connectivity index (χ3v) is 0. The first-order valence-electron chi connectivity index (χ1n) is 0.644. The van der Waals surface area contributed by atoms with E-state index in [1.807, 2.05) is 0 Å². The molecule has 0 aliphatic rings. The second-order valence-electron chi connectivity index (χ2n) is 0.236. The molecule has 1 unspecified atom stereocenters. The van der Waals surface area contributed by atoms with Gasteiger partial charge in [0.25, 0.3) is 8.05 Å². The van der Waals surface area contributed by atoms with Crippen molar-refractivity contribution in [3.8, 4) is 0 Å². The molecule has 0 fully saturated rings. The molecule has 0 saturated carbocycles. The van der Waals surface area contributed by atoms with Gasteiger partial charge in [0, 0.05) is 0 Å². The van der Waals surface area contributed by atoms with Gasteiger partial charge >= 0.3 is 23.9 Å². The van der Waals surface area contributed by atoms with Crippen LogP contribution in [-0.4, -0.2) is 32.0 Å². The summed E-state index contributed by atoms with van der Waals surface area (Å²) in [5, 5.41) is 0. The molecule has 26 valence electrons. The molecule has 0 aliphatic heterocycles. The normalized spacial score (nSPS) is 4.25. The number of rotatable bonds is 0. The van der Waals surface area contributed by atoms with Crippen LogP contribution in [0.25, 0.3) is 0 Å². The van der Waals surface area contributed by atoms with Crippen LogP contribution in [0.1, 0.15) is 0 Å². The summed E-state index contributed by atoms with van der Waals surface area (Å²) in [4.78, 5) is 0. The van der Waals surface area contributed by atoms with Gasteiger partial charge < -0.3 is 4.44 Å². The van der Waals surface area contributed by atoms with E-state index in [1.54, 1.807) is 8.05 Å². The Kier molecular flexibility index (Phi) is 19.9. The van der Waals surface area contributed by atoms with E-state index in [-0.39, 0.29) is 23.9 Å². The summed E-state index contributed by atoms with van der Waals surface area (Å²) in [5.74, 6) is 0. The Labute approximate surface area is 46.2 Å². The molecule has 4 heavy (non-hydrogen) atoms. The molecule has 4 heteroatoms. The van der Waals surface area contributed by atoms with Crippen molar-refractivity contribution < 1.29 is 4.44 Å². The molecular weight excluding hydrogens is 176 g/mol. The van der Waals surface area contributed by atoms with Crippen molar-refractivity contribution in [1.29, 1.82) is 0 Å². The average Bonchev–Trinajstić information content (AvgIpc) is 0.918. The number of hydrogen-bond acceptors (Lipinski definition) is 1. The van der Waals surface area contributed by atoms with Gasteiger partial charge in [-0.2, -0.15) is 0 Å². The molecule has 0 rings (SSSR count). The first-order valence-corrected chi connectivity index (χ1v) is 1.12. The first-order chi connectivity index (χ1) is 1.41. The van der Waals surface area contributed by atoms with Crippen LogP contribution in [0.2, 0.25) is 0 Å². The van der Waals surface area contributed by atoms with Gasteiger partial charge in [0.15, 0.2) is 0 Å². The Balaban J connectivity index is 0. The Morgan fingerprint density at radius 1 is 1.75 bits per heavy atom. The van der Waals surface area contributed by atoms with Crippen molar-refractivity contribution in [3.05, 3.63) is 0 Å². The van der Waals surface area contributed by atoms with E-state index < -0.39 is 0 Å². The summed E-state index contributed by atoms with van der Waals surface area (Å²) in [6.07, 6.45) is 0. The second-order valence-corrected chi connectivity index (χ2v) is 0.707. The predicted octanol–water partition coefficient (Wildman–Crippen LogP) is -2.11. The van der Waals surface area contributed by atoms with Gasteiger partial charge in [-0.1, -0.05) is 0 Å². The van der Waals surface area contributed by atoms with E-state index >= 15 is 0 Å². The van der Waals surface area contributed by atoms with E-state index in [2.05, 4.69) is 13.9 Å². The molecule has 0 aromatic heterocycles. The molecule has 1 atom stereocenters. The van der Waals surface area contributed by atoms with Crippen molar-refractivity contribution in [2.75, 3.05) is 0 Å². The third-order valence-electron chi connectivity index (χ3n) is 0. The Morgan fingerprint density at radius 3 is 1.75 bits per heavy atom. The van der Waals surface area contributed by atoms with Crippen LogP contribution in [0, 0.1) is 0 Å². The predicted molar refractivity (Wildman–Crippen MR) is 30.7 cm³/mol. The van der Waals surface area contributed by atoms with Crippen molar-refractivity contribution in [2.24, 2.45) is 0 Å². The van der Waals surface area contributed by atoms with E-state index in [0.29, 0.717) is 0 Å². The van der Waals surface area contributed by atoms with E-state index in [9.17, 15) is 0 Å². The van der Waals surface area contributed by atoms with Gasteiger partial charge in [-0.15, -0.1) is 0 Å². The van der Waals surface area contributed by atoms with Gasteiger partial charge in [-0.25, -0.2) is 0 Å². The summed E-state index contributed by atoms with van der Waals surface area (Å²) in [6, 6.07) is 0. The van der Waals surface area contributed by atoms with E-state index in [4.69, 9.17) is 0 Å². The SMILES string of the molecule is BOP.[SnH4]. The molecule has 0 aliphatic carbocycles. The first kappa shape index (κ1) is 8.98. The summed E-state index contributed by atoms with van der Waals surface area (Å²) >= 11 is 0. The van der Waals surface area contributed by atoms with Crippen molar-refractivity contribution >= 4 is 41.4 Å². The van der Waals surface area contributed by atoms with Crippen molar-refractivity contribution in [2.45, 2.75) is 0 Å². The Morgan fingerprint density at radius 2 is 1.75 bits per heavy atom. The van der Waals surface area contributed by atoms with Crippen molar-refractivity contribution in [1.82, 2.24) is 0 Å². The molecule has 0 aromatic carbocycles. The number of hydrogen-bond donors (Lipinski definition) is 0. The molecule has 0 radical (unpaired) electrons. The summed E-state index contributed by atoms with van der Waals surface area (Å²) < 4.78 is 4.17. The van der Waals surface area contributed by atoms with Crippen LogP contribution in [0.15, 0.2) is 0 Å². The molecule has 0 spiro atoms. The zero-order valence-corrected chi connectivity index (χ0v) is 3.14. The van der Waals surface area contributed by atoms with Crippen molar-refractivity contribution in [3.63, 3.8) is 0 Å². The summed E-state index contributed by atoms with van der Waals surface area (Å²) in [6.45, 7) is 0. The fourth-order valence-electron chi connectivity index (χ4n) is 0. The molecule has 1 nitrogen and oxygen atoms in total. The van der Waals surface area contributed by atoms with E-state index in [0.717, 1.165) is 0 Å². The zero-order valence-electron chi connectivity index (χ0n) is 1.99. The molecule has 0 N–H and O–H groups in total. The van der Waals surface area contributed by atoms with Crippen LogP contribution in [0.3, 0.4) is 0 Å². The molecule has 0 saturated heterocycles. The minimum atomic E-state index is 0. The Hall–Kier alpha value is 1.25. The maximum atomic E-state index is 4.17. The Bertz CT molecular complexity index is 8.00. The average molecular weight is 185 g/mol. The van der Waals surface area contributed by atoms with Crippen LogP contribution < -0.4 is 0 Å². The van der Waals surface area contributed by atoms with Crippen LogP contribution >= 0.6 is 9.47 Å². The maximum absolute atomic E-state index is 4.17. The topological polar surface area (TPSA) is 9.23 Å². The molecule has 0 heterocycles. The van der Waals surface area contributed by atoms with E-state index in [1.165, 1.54) is 0 Å². The van der Waals surface area contributed by atoms with Crippen LogP contribution in [-0.2, 0) is 4.44 Å². The van der Waals surface area contributed by atoms with Crippen LogP contribution in [0.4, 0.5) is 0 Å². The minimum absolute atomic E-state index is 0. The quantitative estimate of drug-likeness (QED) is 0.309. The standard InChI is InChI=1S/BH4OP.Sn.4H/c1-2-3;;;;;/h1,3H2;;;;;. The molecule has 0 bridgehead atoms. The summed E-state index contributed by atoms with van der Waals surface area (Å²) in [5.41, 5.74) is 0. The fraction of sp³-hybridized carbons (Fsp3) is 0. The fourth-order valence-corrected chi connectivity index (χ4v) is 0. The van der Waals surface area contributed by atoms with Gasteiger partial charge in [0.1, 0.15) is 0 Å². The molecule has 0 amide bonds. The van der Waals surface area contributed by atoms with Gasteiger partial charge in [-0.05, 0) is 9.47 Å². The van der Waals surface area contributed by atoms with Crippen LogP contribution in [0.5, 0.6) is 0 Å². The zero-order chi connectivity index (χ0) is 2.71. The monoisotopic (exact) mass is 186 g/mol. The summed E-state index contributed by atoms with van der Waals surface area (Å²) in [7, 11) is 3.67. The van der Waals surface area contributed by atoms with Gasteiger partial charge in [0.2, 0.25) is 0 Å². The second kappa shape index (κ2) is 8.87. The van der Waals surface area contributed by atoms with Gasteiger partial charge in [-0.3, -0.25) is 0 Å². The molecule has 0 aromatic rings. The molecular formula is H8BOPSn. The third kappa shape index (κ3) is 10.5.